The van der Waals surface area contributed by atoms with Gasteiger partial charge >= 0.3 is 5.97 Å². The van der Waals surface area contributed by atoms with Crippen LogP contribution in [0.3, 0.4) is 0 Å². The molecule has 0 bridgehead atoms. The lowest BCUT2D eigenvalue weighted by Gasteiger charge is -2.15. The normalized spacial score (nSPS) is 14.6. The Balaban J connectivity index is 2.22. The molecule has 1 N–H and O–H groups in total. The Labute approximate surface area is 92.7 Å². The Hall–Kier alpha value is -1.91. The zero-order valence-electron chi connectivity index (χ0n) is 8.88. The highest BCUT2D eigenvalue weighted by Gasteiger charge is 2.30. The smallest absolute Gasteiger partial charge is 0.354 e. The minimum Gasteiger partial charge on any atom is -0.477 e. The van der Waals surface area contributed by atoms with Crippen LogP contribution in [0.1, 0.15) is 33.8 Å². The maximum absolute atomic E-state index is 11.9. The van der Waals surface area contributed by atoms with Gasteiger partial charge in [-0.05, 0) is 25.0 Å². The van der Waals surface area contributed by atoms with Crippen LogP contribution in [-0.4, -0.2) is 40.0 Å². The highest BCUT2D eigenvalue weighted by Crippen LogP contribution is 2.26. The minimum atomic E-state index is -1.12. The molecule has 1 saturated carbocycles. The molecule has 0 unspecified atom stereocenters. The van der Waals surface area contributed by atoms with E-state index >= 15 is 0 Å². The number of pyridine rings is 1. The first-order valence-electron chi connectivity index (χ1n) is 5.07. The molecule has 0 spiro atoms. The first-order chi connectivity index (χ1) is 7.59. The average molecular weight is 220 g/mol. The Kier molecular flexibility index (Phi) is 2.60. The van der Waals surface area contributed by atoms with Gasteiger partial charge in [-0.2, -0.15) is 0 Å². The van der Waals surface area contributed by atoms with E-state index in [0.29, 0.717) is 6.04 Å². The molecule has 1 amide bonds. The summed E-state index contributed by atoms with van der Waals surface area (Å²) in [5.41, 5.74) is 0.0874. The average Bonchev–Trinajstić information content (AvgIpc) is 3.11. The summed E-state index contributed by atoms with van der Waals surface area (Å²) in [7, 11) is 1.72. The number of nitrogens with zero attached hydrogens (tertiary/aromatic N) is 2. The largest absolute Gasteiger partial charge is 0.477 e. The lowest BCUT2D eigenvalue weighted by atomic mass is 10.2. The molecule has 5 heteroatoms. The van der Waals surface area contributed by atoms with Crippen molar-refractivity contribution in [2.24, 2.45) is 0 Å². The molecule has 0 saturated heterocycles. The van der Waals surface area contributed by atoms with Crippen LogP contribution in [-0.2, 0) is 0 Å². The molecule has 1 fully saturated rings. The summed E-state index contributed by atoms with van der Waals surface area (Å²) < 4.78 is 0. The molecule has 5 nitrogen and oxygen atoms in total. The zero-order chi connectivity index (χ0) is 11.7. The van der Waals surface area contributed by atoms with Gasteiger partial charge in [0.05, 0.1) is 0 Å². The molecular weight excluding hydrogens is 208 g/mol. The van der Waals surface area contributed by atoms with Gasteiger partial charge in [0.25, 0.3) is 5.91 Å². The molecule has 0 aliphatic heterocycles. The molecule has 1 aliphatic rings. The van der Waals surface area contributed by atoms with Gasteiger partial charge in [-0.15, -0.1) is 0 Å². The predicted molar refractivity (Wildman–Crippen MR) is 56.3 cm³/mol. The molecule has 16 heavy (non-hydrogen) atoms. The van der Waals surface area contributed by atoms with E-state index in [0.717, 1.165) is 12.8 Å². The topological polar surface area (TPSA) is 70.5 Å². The quantitative estimate of drug-likeness (QED) is 0.825. The lowest BCUT2D eigenvalue weighted by molar-refractivity contribution is 0.0690. The van der Waals surface area contributed by atoms with E-state index in [4.69, 9.17) is 5.11 Å². The molecule has 1 heterocycles. The monoisotopic (exact) mass is 220 g/mol. The summed E-state index contributed by atoms with van der Waals surface area (Å²) in [4.78, 5) is 28.0. The second-order valence-corrected chi connectivity index (χ2v) is 3.86. The number of amides is 1. The Morgan fingerprint density at radius 1 is 1.38 bits per heavy atom. The van der Waals surface area contributed by atoms with Gasteiger partial charge in [0.2, 0.25) is 0 Å². The highest BCUT2D eigenvalue weighted by atomic mass is 16.4. The summed E-state index contributed by atoms with van der Waals surface area (Å²) in [5.74, 6) is -1.34. The van der Waals surface area contributed by atoms with E-state index in [1.54, 1.807) is 11.9 Å². The maximum Gasteiger partial charge on any atom is 0.354 e. The number of aromatic carboxylic acids is 1. The van der Waals surface area contributed by atoms with Crippen molar-refractivity contribution in [1.29, 1.82) is 0 Å². The molecule has 1 aromatic heterocycles. The van der Waals surface area contributed by atoms with Gasteiger partial charge in [-0.1, -0.05) is 6.07 Å². The fourth-order valence-corrected chi connectivity index (χ4v) is 1.48. The number of carboxylic acid groups (broad SMARTS) is 1. The number of carboxylic acids is 1. The summed E-state index contributed by atoms with van der Waals surface area (Å²) in [6, 6.07) is 4.73. The third-order valence-electron chi connectivity index (χ3n) is 2.60. The standard InChI is InChI=1S/C11H12N2O3/c1-13(7-5-6-7)10(14)8-3-2-4-9(12-8)11(15)16/h2-4,7H,5-6H2,1H3,(H,15,16). The molecule has 0 atom stereocenters. The second-order valence-electron chi connectivity index (χ2n) is 3.86. The van der Waals surface area contributed by atoms with Crippen LogP contribution in [0.4, 0.5) is 0 Å². The van der Waals surface area contributed by atoms with Crippen molar-refractivity contribution >= 4 is 11.9 Å². The van der Waals surface area contributed by atoms with E-state index in [-0.39, 0.29) is 17.3 Å². The van der Waals surface area contributed by atoms with E-state index in [1.807, 2.05) is 0 Å². The summed E-state index contributed by atoms with van der Waals surface area (Å²) >= 11 is 0. The van der Waals surface area contributed by atoms with Gasteiger partial charge in [-0.3, -0.25) is 4.79 Å². The van der Waals surface area contributed by atoms with Crippen LogP contribution in [0.15, 0.2) is 18.2 Å². The number of hydrogen-bond acceptors (Lipinski definition) is 3. The molecule has 1 aliphatic carbocycles. The van der Waals surface area contributed by atoms with Crippen molar-refractivity contribution in [3.63, 3.8) is 0 Å². The SMILES string of the molecule is CN(C(=O)c1cccc(C(=O)O)n1)C1CC1. The van der Waals surface area contributed by atoms with E-state index in [1.165, 1.54) is 18.2 Å². The summed E-state index contributed by atoms with van der Waals surface area (Å²) in [6.07, 6.45) is 2.03. The van der Waals surface area contributed by atoms with E-state index in [2.05, 4.69) is 4.98 Å². The molecule has 2 rings (SSSR count). The second kappa shape index (κ2) is 3.92. The van der Waals surface area contributed by atoms with Crippen LogP contribution in [0.25, 0.3) is 0 Å². The first kappa shape index (κ1) is 10.6. The third-order valence-corrected chi connectivity index (χ3v) is 2.60. The van der Waals surface area contributed by atoms with Gasteiger partial charge in [-0.25, -0.2) is 9.78 Å². The van der Waals surface area contributed by atoms with E-state index in [9.17, 15) is 9.59 Å². The van der Waals surface area contributed by atoms with Gasteiger partial charge < -0.3 is 10.0 Å². The van der Waals surface area contributed by atoms with Gasteiger partial charge in [0.1, 0.15) is 11.4 Å². The summed E-state index contributed by atoms with van der Waals surface area (Å²) in [6.45, 7) is 0. The Bertz CT molecular complexity index is 441. The van der Waals surface area contributed by atoms with Crippen LogP contribution >= 0.6 is 0 Å². The van der Waals surface area contributed by atoms with Gasteiger partial charge in [0.15, 0.2) is 0 Å². The zero-order valence-corrected chi connectivity index (χ0v) is 8.88. The van der Waals surface area contributed by atoms with Crippen molar-refractivity contribution < 1.29 is 14.7 Å². The van der Waals surface area contributed by atoms with Crippen LogP contribution in [0.5, 0.6) is 0 Å². The Morgan fingerprint density at radius 2 is 2.00 bits per heavy atom. The van der Waals surface area contributed by atoms with Crippen molar-refractivity contribution in [2.45, 2.75) is 18.9 Å². The molecule has 0 aromatic carbocycles. The molecule has 0 radical (unpaired) electrons. The third kappa shape index (κ3) is 2.03. The number of rotatable bonds is 3. The van der Waals surface area contributed by atoms with Crippen molar-refractivity contribution in [2.75, 3.05) is 7.05 Å². The first-order valence-corrected chi connectivity index (χ1v) is 5.07. The number of hydrogen-bond donors (Lipinski definition) is 1. The summed E-state index contributed by atoms with van der Waals surface area (Å²) in [5, 5.41) is 8.76. The number of carbonyl (C=O) groups is 2. The molecule has 1 aromatic rings. The van der Waals surface area contributed by atoms with Crippen molar-refractivity contribution in [1.82, 2.24) is 9.88 Å². The van der Waals surface area contributed by atoms with Crippen LogP contribution in [0.2, 0.25) is 0 Å². The minimum absolute atomic E-state index is 0.102. The Morgan fingerprint density at radius 3 is 2.56 bits per heavy atom. The number of carbonyl (C=O) groups excluding carboxylic acids is 1. The fourth-order valence-electron chi connectivity index (χ4n) is 1.48. The van der Waals surface area contributed by atoms with Crippen LogP contribution < -0.4 is 0 Å². The van der Waals surface area contributed by atoms with Gasteiger partial charge in [0, 0.05) is 13.1 Å². The van der Waals surface area contributed by atoms with Crippen molar-refractivity contribution in [3.05, 3.63) is 29.6 Å². The predicted octanol–water partition coefficient (Wildman–Crippen LogP) is 1.01. The maximum atomic E-state index is 11.9. The highest BCUT2D eigenvalue weighted by molar-refractivity contribution is 5.94. The van der Waals surface area contributed by atoms with Crippen molar-refractivity contribution in [3.8, 4) is 0 Å². The fraction of sp³-hybridized carbons (Fsp3) is 0.364. The van der Waals surface area contributed by atoms with Crippen LogP contribution in [0, 0.1) is 0 Å². The molecule has 84 valence electrons. The van der Waals surface area contributed by atoms with E-state index < -0.39 is 5.97 Å². The number of aromatic nitrogens is 1. The molecular formula is C11H12N2O3. The lowest BCUT2D eigenvalue weighted by Crippen LogP contribution is -2.29.